The van der Waals surface area contributed by atoms with E-state index in [-0.39, 0.29) is 5.91 Å². The van der Waals surface area contributed by atoms with Crippen molar-refractivity contribution in [3.63, 3.8) is 0 Å². The number of benzene rings is 1. The molecule has 0 spiro atoms. The summed E-state index contributed by atoms with van der Waals surface area (Å²) in [6.07, 6.45) is 5.31. The highest BCUT2D eigenvalue weighted by Crippen LogP contribution is 2.26. The normalized spacial score (nSPS) is 13.7. The minimum atomic E-state index is -0.271. The molecule has 0 atom stereocenters. The van der Waals surface area contributed by atoms with Crippen molar-refractivity contribution in [2.24, 2.45) is 0 Å². The number of hydrogen-bond donors (Lipinski definition) is 1. The van der Waals surface area contributed by atoms with Crippen LogP contribution < -0.4 is 5.32 Å². The first-order valence-corrected chi connectivity index (χ1v) is 10.9. The van der Waals surface area contributed by atoms with Gasteiger partial charge in [-0.2, -0.15) is 0 Å². The lowest BCUT2D eigenvalue weighted by Crippen LogP contribution is -2.13. The van der Waals surface area contributed by atoms with Crippen LogP contribution in [-0.2, 0) is 19.4 Å². The summed E-state index contributed by atoms with van der Waals surface area (Å²) < 4.78 is 7.55. The molecule has 0 bridgehead atoms. The Bertz CT molecular complexity index is 1250. The van der Waals surface area contributed by atoms with Crippen LogP contribution in [0.5, 0.6) is 0 Å². The van der Waals surface area contributed by atoms with Gasteiger partial charge in [0.25, 0.3) is 5.91 Å². The molecule has 3 aromatic heterocycles. The molecule has 1 aromatic carbocycles. The molecule has 4 aromatic rings. The van der Waals surface area contributed by atoms with E-state index in [0.717, 1.165) is 55.0 Å². The van der Waals surface area contributed by atoms with Crippen LogP contribution >= 0.6 is 0 Å². The number of fused-ring (bicyclic) bond motifs is 3. The van der Waals surface area contributed by atoms with Gasteiger partial charge in [-0.05, 0) is 37.8 Å². The molecule has 5 rings (SSSR count). The van der Waals surface area contributed by atoms with Gasteiger partial charge in [-0.25, -0.2) is 9.97 Å². The molecular weight excluding hydrogens is 390 g/mol. The highest BCUT2D eigenvalue weighted by molar-refractivity contribution is 6.10. The standard InChI is InChI=1S/C24H25N5O2/c1-3-16-8-10-17(11-9-16)19-14-21(31-28-19)27-24(30)18-13-15(2)25-23-22(18)26-20-7-5-4-6-12-29(20)23/h8-11,13-14H,3-7,12H2,1-2H3,(H,27,30). The van der Waals surface area contributed by atoms with Crippen LogP contribution in [0, 0.1) is 6.92 Å². The van der Waals surface area contributed by atoms with Gasteiger partial charge in [-0.1, -0.05) is 42.8 Å². The van der Waals surface area contributed by atoms with Crippen LogP contribution in [0.3, 0.4) is 0 Å². The minimum absolute atomic E-state index is 0.271. The summed E-state index contributed by atoms with van der Waals surface area (Å²) in [4.78, 5) is 22.6. The minimum Gasteiger partial charge on any atom is -0.338 e. The van der Waals surface area contributed by atoms with Crippen LogP contribution in [0.1, 0.15) is 53.6 Å². The van der Waals surface area contributed by atoms with Gasteiger partial charge in [-0.3, -0.25) is 10.1 Å². The van der Waals surface area contributed by atoms with Gasteiger partial charge >= 0.3 is 0 Å². The quantitative estimate of drug-likeness (QED) is 0.510. The number of carbonyl (C=O) groups excluding carboxylic acids is 1. The van der Waals surface area contributed by atoms with Crippen molar-refractivity contribution in [1.29, 1.82) is 0 Å². The third kappa shape index (κ3) is 3.71. The van der Waals surface area contributed by atoms with E-state index in [1.807, 2.05) is 19.1 Å². The molecule has 1 N–H and O–H groups in total. The van der Waals surface area contributed by atoms with E-state index in [2.05, 4.69) is 39.1 Å². The Labute approximate surface area is 180 Å². The van der Waals surface area contributed by atoms with E-state index >= 15 is 0 Å². The molecule has 158 valence electrons. The fourth-order valence-corrected chi connectivity index (χ4v) is 4.15. The van der Waals surface area contributed by atoms with Crippen molar-refractivity contribution in [1.82, 2.24) is 19.7 Å². The van der Waals surface area contributed by atoms with Gasteiger partial charge in [0.05, 0.1) is 5.56 Å². The number of nitrogens with one attached hydrogen (secondary N) is 1. The molecule has 1 aliphatic heterocycles. The van der Waals surface area contributed by atoms with Crippen molar-refractivity contribution in [3.05, 3.63) is 59.0 Å². The monoisotopic (exact) mass is 415 g/mol. The molecule has 0 radical (unpaired) electrons. The Hall–Kier alpha value is -3.48. The van der Waals surface area contributed by atoms with Crippen LogP contribution in [0.25, 0.3) is 22.4 Å². The fourth-order valence-electron chi connectivity index (χ4n) is 4.15. The van der Waals surface area contributed by atoms with Crippen LogP contribution in [0.4, 0.5) is 5.88 Å². The average molecular weight is 415 g/mol. The predicted molar refractivity (Wildman–Crippen MR) is 119 cm³/mol. The molecule has 0 saturated heterocycles. The molecule has 0 fully saturated rings. The summed E-state index contributed by atoms with van der Waals surface area (Å²) in [6, 6.07) is 11.7. The number of carbonyl (C=O) groups is 1. The zero-order chi connectivity index (χ0) is 21.4. The van der Waals surface area contributed by atoms with Gasteiger partial charge in [0.15, 0.2) is 5.65 Å². The fraction of sp³-hybridized carbons (Fsp3) is 0.333. The summed E-state index contributed by atoms with van der Waals surface area (Å²) in [6.45, 7) is 4.92. The molecule has 1 amide bonds. The summed E-state index contributed by atoms with van der Waals surface area (Å²) >= 11 is 0. The second-order valence-electron chi connectivity index (χ2n) is 8.05. The van der Waals surface area contributed by atoms with Crippen molar-refractivity contribution in [2.75, 3.05) is 5.32 Å². The Kier molecular flexibility index (Phi) is 5.02. The van der Waals surface area contributed by atoms with Gasteiger partial charge in [0, 0.05) is 30.3 Å². The van der Waals surface area contributed by atoms with E-state index in [1.54, 1.807) is 12.1 Å². The van der Waals surface area contributed by atoms with E-state index in [9.17, 15) is 4.79 Å². The molecule has 1 aliphatic rings. The Morgan fingerprint density at radius 1 is 1.13 bits per heavy atom. The largest absolute Gasteiger partial charge is 0.338 e. The van der Waals surface area contributed by atoms with Gasteiger partial charge < -0.3 is 9.09 Å². The third-order valence-corrected chi connectivity index (χ3v) is 5.84. The number of aromatic nitrogens is 4. The number of rotatable bonds is 4. The number of anilines is 1. The van der Waals surface area contributed by atoms with Gasteiger partial charge in [-0.15, -0.1) is 0 Å². The third-order valence-electron chi connectivity index (χ3n) is 5.84. The van der Waals surface area contributed by atoms with E-state index in [4.69, 9.17) is 9.51 Å². The molecule has 4 heterocycles. The van der Waals surface area contributed by atoms with E-state index in [1.165, 1.54) is 12.0 Å². The van der Waals surface area contributed by atoms with Crippen molar-refractivity contribution < 1.29 is 9.32 Å². The highest BCUT2D eigenvalue weighted by Gasteiger charge is 2.21. The SMILES string of the molecule is CCc1ccc(-c2cc(NC(=O)c3cc(C)nc4c3nc3n4CCCCC3)on2)cc1. The first-order valence-electron chi connectivity index (χ1n) is 10.9. The molecular formula is C24H25N5O2. The topological polar surface area (TPSA) is 85.8 Å². The molecule has 7 nitrogen and oxygen atoms in total. The lowest BCUT2D eigenvalue weighted by molar-refractivity contribution is 0.102. The van der Waals surface area contributed by atoms with E-state index < -0.39 is 0 Å². The Morgan fingerprint density at radius 3 is 2.77 bits per heavy atom. The summed E-state index contributed by atoms with van der Waals surface area (Å²) in [5.74, 6) is 1.05. The van der Waals surface area contributed by atoms with Crippen LogP contribution in [0.2, 0.25) is 0 Å². The van der Waals surface area contributed by atoms with Crippen LogP contribution in [-0.4, -0.2) is 25.6 Å². The second-order valence-corrected chi connectivity index (χ2v) is 8.05. The van der Waals surface area contributed by atoms with Crippen molar-refractivity contribution in [2.45, 2.75) is 52.5 Å². The molecule has 7 heteroatoms. The van der Waals surface area contributed by atoms with Gasteiger partial charge in [0.1, 0.15) is 17.0 Å². The molecule has 0 saturated carbocycles. The number of aryl methyl sites for hydroxylation is 4. The first-order chi connectivity index (χ1) is 15.1. The zero-order valence-corrected chi connectivity index (χ0v) is 17.8. The lowest BCUT2D eigenvalue weighted by Gasteiger charge is -2.06. The van der Waals surface area contributed by atoms with Gasteiger partial charge in [0.2, 0.25) is 5.88 Å². The smallest absolute Gasteiger partial charge is 0.260 e. The Balaban J connectivity index is 1.44. The second kappa shape index (κ2) is 7.98. The van der Waals surface area contributed by atoms with Crippen molar-refractivity contribution in [3.8, 4) is 11.3 Å². The van der Waals surface area contributed by atoms with Crippen LogP contribution in [0.15, 0.2) is 40.9 Å². The molecule has 0 aliphatic carbocycles. The van der Waals surface area contributed by atoms with E-state index in [0.29, 0.717) is 22.7 Å². The predicted octanol–water partition coefficient (Wildman–Crippen LogP) is 4.94. The number of imidazole rings is 1. The summed E-state index contributed by atoms with van der Waals surface area (Å²) in [7, 11) is 0. The van der Waals surface area contributed by atoms with Crippen molar-refractivity contribution >= 4 is 23.0 Å². The highest BCUT2D eigenvalue weighted by atomic mass is 16.5. The summed E-state index contributed by atoms with van der Waals surface area (Å²) in [5, 5.41) is 6.95. The molecule has 0 unspecified atom stereocenters. The first kappa shape index (κ1) is 19.5. The molecule has 31 heavy (non-hydrogen) atoms. The zero-order valence-electron chi connectivity index (χ0n) is 17.8. The maximum Gasteiger partial charge on any atom is 0.260 e. The number of amides is 1. The number of nitrogens with zero attached hydrogens (tertiary/aromatic N) is 4. The number of hydrogen-bond acceptors (Lipinski definition) is 5. The summed E-state index contributed by atoms with van der Waals surface area (Å²) in [5.41, 5.74) is 5.62. The maximum atomic E-state index is 13.1. The number of pyridine rings is 1. The average Bonchev–Trinajstić information content (AvgIpc) is 3.30. The Morgan fingerprint density at radius 2 is 1.97 bits per heavy atom. The lowest BCUT2D eigenvalue weighted by atomic mass is 10.1. The maximum absolute atomic E-state index is 13.1.